The van der Waals surface area contributed by atoms with E-state index < -0.39 is 61.4 Å². The van der Waals surface area contributed by atoms with Crippen LogP contribution in [0.3, 0.4) is 0 Å². The first-order valence-corrected chi connectivity index (χ1v) is 20.9. The summed E-state index contributed by atoms with van der Waals surface area (Å²) < 4.78 is 36.4. The highest BCUT2D eigenvalue weighted by atomic mass is 16.8. The first-order chi connectivity index (χ1) is 27.2. The third kappa shape index (κ3) is 17.4. The molecule has 0 saturated carbocycles. The minimum Gasteiger partial charge on any atom is -0.388 e. The molecule has 2 aliphatic rings. The van der Waals surface area contributed by atoms with E-state index in [-0.39, 0.29) is 25.8 Å². The maximum atomic E-state index is 10.7. The van der Waals surface area contributed by atoms with Crippen molar-refractivity contribution in [2.24, 2.45) is 5.11 Å². The molecule has 324 valence electrons. The number of ether oxygens (including phenoxy) is 6. The summed E-state index contributed by atoms with van der Waals surface area (Å²) >= 11 is 0. The van der Waals surface area contributed by atoms with E-state index in [9.17, 15) is 30.6 Å². The second-order valence-corrected chi connectivity index (χ2v) is 15.0. The van der Waals surface area contributed by atoms with Gasteiger partial charge in [-0.15, -0.1) is 5.10 Å². The molecule has 2 saturated heterocycles. The van der Waals surface area contributed by atoms with Crippen molar-refractivity contribution in [3.05, 3.63) is 22.3 Å². The lowest BCUT2D eigenvalue weighted by atomic mass is 9.97. The molecule has 2 aliphatic heterocycles. The molecule has 1 aromatic heterocycles. The number of azide groups is 1. The fourth-order valence-corrected chi connectivity index (χ4v) is 6.74. The molecule has 0 radical (unpaired) electrons. The van der Waals surface area contributed by atoms with Crippen LogP contribution in [0, 0.1) is 0 Å². The van der Waals surface area contributed by atoms with E-state index in [1.54, 1.807) is 6.20 Å². The Hall–Kier alpha value is -2.03. The smallest absolute Gasteiger partial charge is 0.189 e. The van der Waals surface area contributed by atoms with Gasteiger partial charge in [-0.2, -0.15) is 0 Å². The maximum absolute atomic E-state index is 10.7. The molecular weight excluding hydrogens is 732 g/mol. The number of hydrogen-bond donors (Lipinski definition) is 6. The zero-order chi connectivity index (χ0) is 40.5. The molecule has 0 amide bonds. The molecule has 1 aromatic rings. The van der Waals surface area contributed by atoms with Crippen LogP contribution in [0.2, 0.25) is 0 Å². The van der Waals surface area contributed by atoms with Gasteiger partial charge in [-0.3, -0.25) is 0 Å². The molecule has 0 spiro atoms. The lowest BCUT2D eigenvalue weighted by Crippen LogP contribution is -2.63. The zero-order valence-electron chi connectivity index (χ0n) is 33.5. The van der Waals surface area contributed by atoms with Gasteiger partial charge in [0.15, 0.2) is 12.6 Å². The highest BCUT2D eigenvalue weighted by Gasteiger charge is 2.49. The Labute approximate surface area is 331 Å². The lowest BCUT2D eigenvalue weighted by molar-refractivity contribution is -0.373. The largest absolute Gasteiger partial charge is 0.388 e. The topological polar surface area (TPSA) is 256 Å². The molecule has 56 heavy (non-hydrogen) atoms. The summed E-state index contributed by atoms with van der Waals surface area (Å²) in [6, 6.07) is 0. The summed E-state index contributed by atoms with van der Waals surface area (Å²) in [5, 5.41) is 74.5. The SMILES string of the molecule is CCCCCCCCCCOCC(COCCCCCCCCCC)OCc1cn(CC2O[C@H](O[C@H]3OC(CN=[N+]=[N-])[C@@H](O)C(O)C3O)C(O)C(O)[C@@H]2O)nn1. The van der Waals surface area contributed by atoms with Gasteiger partial charge in [-0.1, -0.05) is 114 Å². The first-order valence-electron chi connectivity index (χ1n) is 20.9. The number of aliphatic hydroxyl groups excluding tert-OH is 6. The van der Waals surface area contributed by atoms with E-state index in [1.807, 2.05) is 0 Å². The molecule has 18 heteroatoms. The molecule has 10 atom stereocenters. The molecule has 0 aromatic carbocycles. The minimum absolute atomic E-state index is 0.112. The fourth-order valence-electron chi connectivity index (χ4n) is 6.74. The third-order valence-electron chi connectivity index (χ3n) is 10.2. The van der Waals surface area contributed by atoms with Gasteiger partial charge in [0.25, 0.3) is 0 Å². The summed E-state index contributed by atoms with van der Waals surface area (Å²) in [6.45, 7) is 6.16. The van der Waals surface area contributed by atoms with Crippen molar-refractivity contribution < 1.29 is 59.1 Å². The molecule has 3 heterocycles. The van der Waals surface area contributed by atoms with Crippen molar-refractivity contribution in [3.8, 4) is 0 Å². The molecule has 0 bridgehead atoms. The summed E-state index contributed by atoms with van der Waals surface area (Å²) in [5.41, 5.74) is 9.13. The van der Waals surface area contributed by atoms with Crippen LogP contribution < -0.4 is 0 Å². The second kappa shape index (κ2) is 28.4. The summed E-state index contributed by atoms with van der Waals surface area (Å²) in [6.07, 6.45) is 5.00. The highest BCUT2D eigenvalue weighted by molar-refractivity contribution is 4.95. The van der Waals surface area contributed by atoms with E-state index in [0.29, 0.717) is 32.1 Å². The van der Waals surface area contributed by atoms with Crippen LogP contribution in [0.4, 0.5) is 0 Å². The monoisotopic (exact) mass is 803 g/mol. The van der Waals surface area contributed by atoms with Crippen molar-refractivity contribution in [1.29, 1.82) is 0 Å². The summed E-state index contributed by atoms with van der Waals surface area (Å²) in [4.78, 5) is 2.60. The minimum atomic E-state index is -1.78. The van der Waals surface area contributed by atoms with E-state index in [4.69, 9.17) is 34.0 Å². The average molecular weight is 803 g/mol. The molecule has 6 N–H and O–H groups in total. The molecule has 2 fully saturated rings. The van der Waals surface area contributed by atoms with Crippen LogP contribution in [-0.4, -0.2) is 146 Å². The van der Waals surface area contributed by atoms with Crippen LogP contribution in [0.15, 0.2) is 11.3 Å². The third-order valence-corrected chi connectivity index (χ3v) is 10.2. The van der Waals surface area contributed by atoms with Gasteiger partial charge in [0.1, 0.15) is 54.5 Å². The number of aromatic nitrogens is 3. The maximum Gasteiger partial charge on any atom is 0.189 e. The Morgan fingerprint density at radius 3 is 1.70 bits per heavy atom. The lowest BCUT2D eigenvalue weighted by Gasteiger charge is -2.44. The van der Waals surface area contributed by atoms with Gasteiger partial charge in [0.05, 0.1) is 45.2 Å². The number of hydrogen-bond acceptors (Lipinski definition) is 15. The number of unbranched alkanes of at least 4 members (excludes halogenated alkanes) is 14. The summed E-state index contributed by atoms with van der Waals surface area (Å²) in [5.74, 6) is 0. The van der Waals surface area contributed by atoms with Gasteiger partial charge in [0, 0.05) is 18.1 Å². The Bertz CT molecular complexity index is 1170. The zero-order valence-corrected chi connectivity index (χ0v) is 33.5. The van der Waals surface area contributed by atoms with Crippen molar-refractivity contribution in [2.45, 2.75) is 197 Å². The normalized spacial score (nSPS) is 28.2. The van der Waals surface area contributed by atoms with Gasteiger partial charge < -0.3 is 59.1 Å². The van der Waals surface area contributed by atoms with Crippen LogP contribution in [-0.2, 0) is 41.6 Å². The predicted molar refractivity (Wildman–Crippen MR) is 204 cm³/mol. The fraction of sp³-hybridized carbons (Fsp3) is 0.947. The molecular formula is C38H70N6O12. The summed E-state index contributed by atoms with van der Waals surface area (Å²) in [7, 11) is 0. The quantitative estimate of drug-likeness (QED) is 0.0272. The number of rotatable bonds is 31. The van der Waals surface area contributed by atoms with E-state index in [0.717, 1.165) is 25.7 Å². The average Bonchev–Trinajstić information content (AvgIpc) is 3.65. The molecule has 6 unspecified atom stereocenters. The van der Waals surface area contributed by atoms with E-state index >= 15 is 0 Å². The standard InChI is InChI=1S/C38H70N6O12/c1-3-5-7-9-11-13-15-17-19-51-25-28(26-52-20-18-16-14-12-10-8-6-4-2)53-24-27-22-44(43-41-27)23-30-32(46)34(48)36(50)38(55-30)56-37-35(49)33(47)31(45)29(54-37)21-40-42-39/h22,28-38,45-50H,3-21,23-26H2,1-2H3/t29?,30?,31-,32-,33?,34?,35?,36?,37-,38-/m1/s1. The Kier molecular flexibility index (Phi) is 24.5. The van der Waals surface area contributed by atoms with E-state index in [2.05, 4.69) is 34.2 Å². The van der Waals surface area contributed by atoms with Crippen molar-refractivity contribution in [1.82, 2.24) is 15.0 Å². The van der Waals surface area contributed by atoms with Gasteiger partial charge >= 0.3 is 0 Å². The first kappa shape index (κ1) is 48.3. The Morgan fingerprint density at radius 1 is 0.696 bits per heavy atom. The second-order valence-electron chi connectivity index (χ2n) is 15.0. The van der Waals surface area contributed by atoms with Crippen molar-refractivity contribution in [3.63, 3.8) is 0 Å². The van der Waals surface area contributed by atoms with E-state index in [1.165, 1.54) is 81.7 Å². The molecule has 18 nitrogen and oxygen atoms in total. The van der Waals surface area contributed by atoms with Crippen molar-refractivity contribution >= 4 is 0 Å². The van der Waals surface area contributed by atoms with Gasteiger partial charge in [-0.25, -0.2) is 4.68 Å². The highest BCUT2D eigenvalue weighted by Crippen LogP contribution is 2.29. The molecule has 0 aliphatic carbocycles. The van der Waals surface area contributed by atoms with Crippen LogP contribution >= 0.6 is 0 Å². The Balaban J connectivity index is 1.49. The van der Waals surface area contributed by atoms with Crippen LogP contribution in [0.5, 0.6) is 0 Å². The van der Waals surface area contributed by atoms with Crippen molar-refractivity contribution in [2.75, 3.05) is 33.0 Å². The Morgan fingerprint density at radius 2 is 1.18 bits per heavy atom. The molecule has 3 rings (SSSR count). The van der Waals surface area contributed by atoms with Gasteiger partial charge in [0.2, 0.25) is 0 Å². The van der Waals surface area contributed by atoms with Crippen LogP contribution in [0.25, 0.3) is 10.4 Å². The number of nitrogens with zero attached hydrogens (tertiary/aromatic N) is 6. The number of aliphatic hydroxyl groups is 6. The van der Waals surface area contributed by atoms with Gasteiger partial charge in [-0.05, 0) is 18.4 Å². The van der Waals surface area contributed by atoms with Crippen LogP contribution in [0.1, 0.15) is 122 Å². The predicted octanol–water partition coefficient (Wildman–Crippen LogP) is 3.42.